The van der Waals surface area contributed by atoms with Crippen molar-refractivity contribution in [3.63, 3.8) is 0 Å². The topological polar surface area (TPSA) is 29.5 Å². The molecule has 0 aromatic carbocycles. The van der Waals surface area contributed by atoms with Crippen LogP contribution in [0.3, 0.4) is 0 Å². The molecule has 2 heteroatoms. The Morgan fingerprint density at radius 3 is 2.29 bits per heavy atom. The summed E-state index contributed by atoms with van der Waals surface area (Å²) in [6, 6.07) is 0. The van der Waals surface area contributed by atoms with Gasteiger partial charge in [-0.05, 0) is 26.2 Å². The summed E-state index contributed by atoms with van der Waals surface area (Å²) in [5, 5.41) is 9.26. The molecular formula is C12H26O2. The second-order valence-corrected chi connectivity index (χ2v) is 4.20. The lowest BCUT2D eigenvalue weighted by Gasteiger charge is -2.20. The Morgan fingerprint density at radius 1 is 1.21 bits per heavy atom. The first-order valence-electron chi connectivity index (χ1n) is 5.91. The fourth-order valence-corrected chi connectivity index (χ4v) is 1.33. The van der Waals surface area contributed by atoms with Crippen LogP contribution in [0.15, 0.2) is 0 Å². The SMILES string of the molecule is CCCCC(CC)COC(C)[C@@H](C)O. The molecule has 2 unspecified atom stereocenters. The maximum atomic E-state index is 9.26. The summed E-state index contributed by atoms with van der Waals surface area (Å²) in [4.78, 5) is 0. The average molecular weight is 202 g/mol. The summed E-state index contributed by atoms with van der Waals surface area (Å²) in [5.41, 5.74) is 0. The van der Waals surface area contributed by atoms with Gasteiger partial charge in [0.15, 0.2) is 0 Å². The highest BCUT2D eigenvalue weighted by molar-refractivity contribution is 4.61. The number of rotatable bonds is 8. The first kappa shape index (κ1) is 13.9. The summed E-state index contributed by atoms with van der Waals surface area (Å²) < 4.78 is 5.60. The highest BCUT2D eigenvalue weighted by atomic mass is 16.5. The van der Waals surface area contributed by atoms with Crippen LogP contribution in [0.25, 0.3) is 0 Å². The van der Waals surface area contributed by atoms with E-state index in [-0.39, 0.29) is 12.2 Å². The van der Waals surface area contributed by atoms with Crippen LogP contribution in [0.5, 0.6) is 0 Å². The Morgan fingerprint density at radius 2 is 1.86 bits per heavy atom. The van der Waals surface area contributed by atoms with E-state index >= 15 is 0 Å². The van der Waals surface area contributed by atoms with Gasteiger partial charge >= 0.3 is 0 Å². The van der Waals surface area contributed by atoms with Crippen molar-refractivity contribution >= 4 is 0 Å². The van der Waals surface area contributed by atoms with E-state index in [2.05, 4.69) is 13.8 Å². The fraction of sp³-hybridized carbons (Fsp3) is 1.00. The number of aliphatic hydroxyl groups excluding tert-OH is 1. The summed E-state index contributed by atoms with van der Waals surface area (Å²) in [5.74, 6) is 0.663. The Hall–Kier alpha value is -0.0800. The standard InChI is InChI=1S/C12H26O2/c1-5-7-8-12(6-2)9-14-11(4)10(3)13/h10-13H,5-9H2,1-4H3/t10-,11?,12?/m1/s1. The minimum absolute atomic E-state index is 0.0364. The Balaban J connectivity index is 3.60. The largest absolute Gasteiger partial charge is 0.391 e. The number of hydrogen-bond acceptors (Lipinski definition) is 2. The molecular weight excluding hydrogens is 176 g/mol. The van der Waals surface area contributed by atoms with E-state index in [4.69, 9.17) is 4.74 Å². The molecule has 0 aromatic rings. The molecule has 0 amide bonds. The predicted octanol–water partition coefficient (Wildman–Crippen LogP) is 2.99. The van der Waals surface area contributed by atoms with Crippen LogP contribution in [0, 0.1) is 5.92 Å². The van der Waals surface area contributed by atoms with E-state index < -0.39 is 0 Å². The molecule has 0 saturated heterocycles. The maximum Gasteiger partial charge on any atom is 0.0803 e. The van der Waals surface area contributed by atoms with E-state index in [0.29, 0.717) is 5.92 Å². The summed E-state index contributed by atoms with van der Waals surface area (Å²) in [6.07, 6.45) is 4.56. The molecule has 14 heavy (non-hydrogen) atoms. The number of ether oxygens (including phenoxy) is 1. The average Bonchev–Trinajstić information content (AvgIpc) is 2.17. The van der Waals surface area contributed by atoms with Crippen molar-refractivity contribution in [2.75, 3.05) is 6.61 Å². The van der Waals surface area contributed by atoms with Crippen LogP contribution in [0.1, 0.15) is 53.4 Å². The fourth-order valence-electron chi connectivity index (χ4n) is 1.33. The molecule has 0 aromatic heterocycles. The monoisotopic (exact) mass is 202 g/mol. The van der Waals surface area contributed by atoms with E-state index in [1.54, 1.807) is 6.92 Å². The number of aliphatic hydroxyl groups is 1. The molecule has 0 saturated carbocycles. The van der Waals surface area contributed by atoms with E-state index in [1.807, 2.05) is 6.92 Å². The van der Waals surface area contributed by atoms with E-state index in [9.17, 15) is 5.11 Å². The molecule has 0 heterocycles. The van der Waals surface area contributed by atoms with Gasteiger partial charge in [-0.3, -0.25) is 0 Å². The quantitative estimate of drug-likeness (QED) is 0.655. The molecule has 0 fully saturated rings. The minimum atomic E-state index is -0.362. The first-order chi connectivity index (χ1) is 6.61. The Labute approximate surface area is 88.7 Å². The van der Waals surface area contributed by atoms with Crippen molar-refractivity contribution in [3.05, 3.63) is 0 Å². The third-order valence-electron chi connectivity index (χ3n) is 2.82. The molecule has 3 atom stereocenters. The zero-order valence-electron chi connectivity index (χ0n) is 10.1. The van der Waals surface area contributed by atoms with Gasteiger partial charge in [-0.1, -0.05) is 33.1 Å². The van der Waals surface area contributed by atoms with Gasteiger partial charge in [-0.15, -0.1) is 0 Å². The zero-order valence-corrected chi connectivity index (χ0v) is 10.1. The Bertz CT molecular complexity index is 123. The maximum absolute atomic E-state index is 9.26. The van der Waals surface area contributed by atoms with E-state index in [1.165, 1.54) is 25.7 Å². The number of hydrogen-bond donors (Lipinski definition) is 1. The lowest BCUT2D eigenvalue weighted by Crippen LogP contribution is -2.25. The molecule has 0 aliphatic heterocycles. The van der Waals surface area contributed by atoms with Crippen molar-refractivity contribution in [1.29, 1.82) is 0 Å². The molecule has 1 N–H and O–H groups in total. The van der Waals surface area contributed by atoms with Crippen LogP contribution in [-0.4, -0.2) is 23.9 Å². The summed E-state index contributed by atoms with van der Waals surface area (Å²) >= 11 is 0. The Kier molecular flexibility index (Phi) is 8.20. The third kappa shape index (κ3) is 6.39. The molecule has 0 aliphatic carbocycles. The molecule has 2 nitrogen and oxygen atoms in total. The van der Waals surface area contributed by atoms with Crippen molar-refractivity contribution in [2.45, 2.75) is 65.6 Å². The van der Waals surface area contributed by atoms with Crippen LogP contribution in [0.2, 0.25) is 0 Å². The highest BCUT2D eigenvalue weighted by Gasteiger charge is 2.12. The normalized spacial score (nSPS) is 17.8. The van der Waals surface area contributed by atoms with Crippen LogP contribution in [0.4, 0.5) is 0 Å². The zero-order chi connectivity index (χ0) is 11.0. The predicted molar refractivity (Wildman–Crippen MR) is 60.4 cm³/mol. The lowest BCUT2D eigenvalue weighted by atomic mass is 10.0. The van der Waals surface area contributed by atoms with Crippen LogP contribution in [-0.2, 0) is 4.74 Å². The van der Waals surface area contributed by atoms with Gasteiger partial charge in [0.25, 0.3) is 0 Å². The van der Waals surface area contributed by atoms with Gasteiger partial charge in [0.2, 0.25) is 0 Å². The lowest BCUT2D eigenvalue weighted by molar-refractivity contribution is -0.0333. The molecule has 0 spiro atoms. The van der Waals surface area contributed by atoms with Crippen LogP contribution >= 0.6 is 0 Å². The van der Waals surface area contributed by atoms with Crippen molar-refractivity contribution < 1.29 is 9.84 Å². The molecule has 0 radical (unpaired) electrons. The van der Waals surface area contributed by atoms with Gasteiger partial charge in [-0.2, -0.15) is 0 Å². The smallest absolute Gasteiger partial charge is 0.0803 e. The third-order valence-corrected chi connectivity index (χ3v) is 2.82. The van der Waals surface area contributed by atoms with E-state index in [0.717, 1.165) is 6.61 Å². The van der Waals surface area contributed by atoms with Gasteiger partial charge in [-0.25, -0.2) is 0 Å². The molecule has 0 bridgehead atoms. The second kappa shape index (κ2) is 8.25. The summed E-state index contributed by atoms with van der Waals surface area (Å²) in [6.45, 7) is 8.92. The van der Waals surface area contributed by atoms with Gasteiger partial charge in [0, 0.05) is 6.61 Å². The van der Waals surface area contributed by atoms with Gasteiger partial charge in [0.05, 0.1) is 12.2 Å². The van der Waals surface area contributed by atoms with Crippen molar-refractivity contribution in [2.24, 2.45) is 5.92 Å². The van der Waals surface area contributed by atoms with Crippen LogP contribution < -0.4 is 0 Å². The van der Waals surface area contributed by atoms with Crippen molar-refractivity contribution in [3.8, 4) is 0 Å². The van der Waals surface area contributed by atoms with Crippen molar-refractivity contribution in [1.82, 2.24) is 0 Å². The van der Waals surface area contributed by atoms with Gasteiger partial charge < -0.3 is 9.84 Å². The summed E-state index contributed by atoms with van der Waals surface area (Å²) in [7, 11) is 0. The second-order valence-electron chi connectivity index (χ2n) is 4.20. The molecule has 0 aliphatic rings. The van der Waals surface area contributed by atoms with Gasteiger partial charge in [0.1, 0.15) is 0 Å². The molecule has 86 valence electrons. The first-order valence-corrected chi connectivity index (χ1v) is 5.91. The highest BCUT2D eigenvalue weighted by Crippen LogP contribution is 2.14. The molecule has 0 rings (SSSR count). The minimum Gasteiger partial charge on any atom is -0.391 e. The number of unbranched alkanes of at least 4 members (excludes halogenated alkanes) is 1.